The van der Waals surface area contributed by atoms with Crippen molar-refractivity contribution >= 4 is 5.91 Å². The maximum absolute atomic E-state index is 11.8. The van der Waals surface area contributed by atoms with Crippen molar-refractivity contribution in [3.05, 3.63) is 41.7 Å². The summed E-state index contributed by atoms with van der Waals surface area (Å²) >= 11 is 0. The number of nitrogens with zero attached hydrogens (tertiary/aromatic N) is 3. The molecule has 1 aromatic heterocycles. The van der Waals surface area contributed by atoms with Gasteiger partial charge in [0.1, 0.15) is 12.3 Å². The van der Waals surface area contributed by atoms with Crippen LogP contribution in [-0.2, 0) is 24.4 Å². The van der Waals surface area contributed by atoms with Gasteiger partial charge in [0, 0.05) is 18.7 Å². The number of nitrogens with one attached hydrogen (secondary N) is 1. The van der Waals surface area contributed by atoms with E-state index in [9.17, 15) is 4.79 Å². The van der Waals surface area contributed by atoms with E-state index < -0.39 is 0 Å². The molecule has 0 aliphatic carbocycles. The van der Waals surface area contributed by atoms with Crippen molar-refractivity contribution in [2.45, 2.75) is 19.6 Å². The summed E-state index contributed by atoms with van der Waals surface area (Å²) in [6, 6.07) is 7.54. The number of carbonyl (C=O) groups excluding carboxylic acids is 1. The predicted octanol–water partition coefficient (Wildman–Crippen LogP) is 0.0618. The number of para-hydroxylation sites is 1. The van der Waals surface area contributed by atoms with Crippen molar-refractivity contribution < 1.29 is 9.53 Å². The fourth-order valence-corrected chi connectivity index (χ4v) is 1.76. The van der Waals surface area contributed by atoms with Gasteiger partial charge in [0.05, 0.1) is 19.0 Å². The average molecular weight is 275 g/mol. The number of aromatic nitrogens is 3. The standard InChI is InChI=1S/C13H17N5O2/c1-20-12-5-3-2-4-10(12)7-15-13(19)9-18-8-11(6-14)16-17-18/h2-5,8H,6-7,9,14H2,1H3,(H,15,19). The Balaban J connectivity index is 1.88. The molecule has 0 fully saturated rings. The van der Waals surface area contributed by atoms with Crippen LogP contribution in [0, 0.1) is 0 Å². The van der Waals surface area contributed by atoms with Crippen LogP contribution < -0.4 is 15.8 Å². The van der Waals surface area contributed by atoms with Crippen LogP contribution >= 0.6 is 0 Å². The lowest BCUT2D eigenvalue weighted by atomic mass is 10.2. The van der Waals surface area contributed by atoms with Gasteiger partial charge in [0.2, 0.25) is 5.91 Å². The van der Waals surface area contributed by atoms with Gasteiger partial charge in [-0.2, -0.15) is 0 Å². The first kappa shape index (κ1) is 14.0. The van der Waals surface area contributed by atoms with E-state index in [0.717, 1.165) is 11.3 Å². The highest BCUT2D eigenvalue weighted by Gasteiger charge is 2.07. The molecule has 7 nitrogen and oxygen atoms in total. The Morgan fingerprint density at radius 1 is 1.45 bits per heavy atom. The maximum atomic E-state index is 11.8. The van der Waals surface area contributed by atoms with E-state index in [1.165, 1.54) is 4.68 Å². The molecule has 2 aromatic rings. The summed E-state index contributed by atoms with van der Waals surface area (Å²) in [4.78, 5) is 11.8. The lowest BCUT2D eigenvalue weighted by Gasteiger charge is -2.09. The molecule has 0 unspecified atom stereocenters. The Bertz CT molecular complexity index is 582. The van der Waals surface area contributed by atoms with Crippen LogP contribution in [-0.4, -0.2) is 28.0 Å². The molecule has 0 saturated carbocycles. The Morgan fingerprint density at radius 2 is 2.25 bits per heavy atom. The monoisotopic (exact) mass is 275 g/mol. The number of rotatable bonds is 6. The van der Waals surface area contributed by atoms with Crippen LogP contribution in [0.25, 0.3) is 0 Å². The highest BCUT2D eigenvalue weighted by Crippen LogP contribution is 2.16. The number of ether oxygens (including phenoxy) is 1. The second-order valence-corrected chi connectivity index (χ2v) is 4.20. The van der Waals surface area contributed by atoms with Crippen molar-refractivity contribution in [2.24, 2.45) is 5.73 Å². The van der Waals surface area contributed by atoms with Crippen LogP contribution in [0.5, 0.6) is 5.75 Å². The van der Waals surface area contributed by atoms with Crippen molar-refractivity contribution in [3.63, 3.8) is 0 Å². The number of hydrogen-bond acceptors (Lipinski definition) is 5. The summed E-state index contributed by atoms with van der Waals surface area (Å²) < 4.78 is 6.68. The number of amides is 1. The molecule has 2 rings (SSSR count). The molecule has 3 N–H and O–H groups in total. The molecule has 106 valence electrons. The zero-order chi connectivity index (χ0) is 14.4. The van der Waals surface area contributed by atoms with Gasteiger partial charge in [-0.1, -0.05) is 23.4 Å². The third kappa shape index (κ3) is 3.55. The Morgan fingerprint density at radius 3 is 2.95 bits per heavy atom. The largest absolute Gasteiger partial charge is 0.496 e. The Hall–Kier alpha value is -2.41. The molecule has 0 aliphatic rings. The van der Waals surface area contributed by atoms with Gasteiger partial charge in [-0.05, 0) is 6.07 Å². The van der Waals surface area contributed by atoms with Gasteiger partial charge >= 0.3 is 0 Å². The van der Waals surface area contributed by atoms with Crippen LogP contribution in [0.2, 0.25) is 0 Å². The Labute approximate surface area is 116 Å². The second kappa shape index (κ2) is 6.67. The van der Waals surface area contributed by atoms with E-state index in [2.05, 4.69) is 15.6 Å². The van der Waals surface area contributed by atoms with Gasteiger partial charge in [0.15, 0.2) is 0 Å². The van der Waals surface area contributed by atoms with E-state index in [0.29, 0.717) is 18.8 Å². The highest BCUT2D eigenvalue weighted by molar-refractivity contribution is 5.75. The topological polar surface area (TPSA) is 95.1 Å². The van der Waals surface area contributed by atoms with E-state index in [1.807, 2.05) is 24.3 Å². The van der Waals surface area contributed by atoms with Gasteiger partial charge < -0.3 is 15.8 Å². The summed E-state index contributed by atoms with van der Waals surface area (Å²) in [5.41, 5.74) is 7.01. The van der Waals surface area contributed by atoms with E-state index in [4.69, 9.17) is 10.5 Å². The molecule has 1 aromatic carbocycles. The molecule has 0 saturated heterocycles. The quantitative estimate of drug-likeness (QED) is 0.777. The fraction of sp³-hybridized carbons (Fsp3) is 0.308. The van der Waals surface area contributed by atoms with E-state index in [-0.39, 0.29) is 12.5 Å². The average Bonchev–Trinajstić information content (AvgIpc) is 2.93. The SMILES string of the molecule is COc1ccccc1CNC(=O)Cn1cc(CN)nn1. The van der Waals surface area contributed by atoms with Crippen molar-refractivity contribution in [1.29, 1.82) is 0 Å². The lowest BCUT2D eigenvalue weighted by Crippen LogP contribution is -2.27. The molecule has 0 atom stereocenters. The van der Waals surface area contributed by atoms with Gasteiger partial charge in [0.25, 0.3) is 0 Å². The van der Waals surface area contributed by atoms with Crippen molar-refractivity contribution in [1.82, 2.24) is 20.3 Å². The van der Waals surface area contributed by atoms with Crippen LogP contribution in [0.1, 0.15) is 11.3 Å². The molecule has 0 aliphatic heterocycles. The summed E-state index contributed by atoms with van der Waals surface area (Å²) in [7, 11) is 1.60. The molecule has 1 amide bonds. The minimum atomic E-state index is -0.149. The summed E-state index contributed by atoms with van der Waals surface area (Å²) in [5.74, 6) is 0.600. The van der Waals surface area contributed by atoms with Crippen molar-refractivity contribution in [3.8, 4) is 5.75 Å². The first-order chi connectivity index (χ1) is 9.72. The molecule has 20 heavy (non-hydrogen) atoms. The molecule has 0 bridgehead atoms. The van der Waals surface area contributed by atoms with Crippen LogP contribution in [0.4, 0.5) is 0 Å². The predicted molar refractivity (Wildman–Crippen MR) is 72.8 cm³/mol. The number of nitrogens with two attached hydrogens (primary N) is 1. The maximum Gasteiger partial charge on any atom is 0.242 e. The van der Waals surface area contributed by atoms with Gasteiger partial charge in [-0.15, -0.1) is 5.10 Å². The number of benzene rings is 1. The highest BCUT2D eigenvalue weighted by atomic mass is 16.5. The number of methoxy groups -OCH3 is 1. The molecule has 0 radical (unpaired) electrons. The van der Waals surface area contributed by atoms with Crippen molar-refractivity contribution in [2.75, 3.05) is 7.11 Å². The summed E-state index contributed by atoms with van der Waals surface area (Å²) in [5, 5.41) is 10.4. The minimum Gasteiger partial charge on any atom is -0.496 e. The van der Waals surface area contributed by atoms with Gasteiger partial charge in [-0.3, -0.25) is 4.79 Å². The van der Waals surface area contributed by atoms with E-state index >= 15 is 0 Å². The first-order valence-corrected chi connectivity index (χ1v) is 6.20. The molecule has 0 spiro atoms. The summed E-state index contributed by atoms with van der Waals surface area (Å²) in [6.45, 7) is 0.826. The minimum absolute atomic E-state index is 0.113. The third-order valence-corrected chi connectivity index (χ3v) is 2.77. The zero-order valence-corrected chi connectivity index (χ0v) is 11.2. The molecular weight excluding hydrogens is 258 g/mol. The number of carbonyl (C=O) groups is 1. The smallest absolute Gasteiger partial charge is 0.242 e. The lowest BCUT2D eigenvalue weighted by molar-refractivity contribution is -0.122. The first-order valence-electron chi connectivity index (χ1n) is 6.20. The zero-order valence-electron chi connectivity index (χ0n) is 11.2. The molecule has 7 heteroatoms. The normalized spacial score (nSPS) is 10.3. The number of hydrogen-bond donors (Lipinski definition) is 2. The van der Waals surface area contributed by atoms with Gasteiger partial charge in [-0.25, -0.2) is 4.68 Å². The fourth-order valence-electron chi connectivity index (χ4n) is 1.76. The summed E-state index contributed by atoms with van der Waals surface area (Å²) in [6.07, 6.45) is 1.66. The molecular formula is C13H17N5O2. The van der Waals surface area contributed by atoms with Crippen LogP contribution in [0.15, 0.2) is 30.5 Å². The molecule has 1 heterocycles. The van der Waals surface area contributed by atoms with E-state index in [1.54, 1.807) is 13.3 Å². The Kier molecular flexibility index (Phi) is 4.67. The second-order valence-electron chi connectivity index (χ2n) is 4.20. The van der Waals surface area contributed by atoms with Crippen LogP contribution in [0.3, 0.4) is 0 Å². The third-order valence-electron chi connectivity index (χ3n) is 2.77.